The molecule has 0 aliphatic carbocycles. The number of hydrogen-bond acceptors (Lipinski definition) is 3. The fourth-order valence-corrected chi connectivity index (χ4v) is 2.03. The van der Waals surface area contributed by atoms with Crippen molar-refractivity contribution in [1.29, 1.82) is 0 Å². The molecule has 0 fully saturated rings. The van der Waals surface area contributed by atoms with Gasteiger partial charge in [0.15, 0.2) is 0 Å². The highest BCUT2D eigenvalue weighted by molar-refractivity contribution is 9.10. The molecule has 5 heteroatoms. The van der Waals surface area contributed by atoms with Gasteiger partial charge in [-0.1, -0.05) is 44.8 Å². The molecule has 0 aromatic heterocycles. The van der Waals surface area contributed by atoms with Crippen LogP contribution in [0.1, 0.15) is 11.1 Å². The van der Waals surface area contributed by atoms with Gasteiger partial charge in [0.05, 0.1) is 11.2 Å². The predicted octanol–water partition coefficient (Wildman–Crippen LogP) is 4.49. The molecule has 2 aromatic rings. The van der Waals surface area contributed by atoms with E-state index < -0.39 is 0 Å². The second kappa shape index (κ2) is 6.59. The number of halogens is 2. The molecule has 0 saturated heterocycles. The summed E-state index contributed by atoms with van der Waals surface area (Å²) in [6.45, 7) is 0.445. The lowest BCUT2D eigenvalue weighted by Gasteiger charge is -2.08. The highest BCUT2D eigenvalue weighted by atomic mass is 79.9. The third-order valence-corrected chi connectivity index (χ3v) is 3.29. The van der Waals surface area contributed by atoms with Crippen molar-refractivity contribution in [2.24, 2.45) is 5.16 Å². The van der Waals surface area contributed by atoms with Gasteiger partial charge in [-0.2, -0.15) is 0 Å². The van der Waals surface area contributed by atoms with Gasteiger partial charge in [-0.15, -0.1) is 0 Å². The van der Waals surface area contributed by atoms with Crippen molar-refractivity contribution in [2.75, 3.05) is 0 Å². The Morgan fingerprint density at radius 1 is 1.21 bits per heavy atom. The van der Waals surface area contributed by atoms with Crippen molar-refractivity contribution in [3.8, 4) is 5.75 Å². The SMILES string of the molecule is O/N=C/c1ccc(OCc2ccc(Br)cc2)c(Cl)c1. The van der Waals surface area contributed by atoms with Crippen LogP contribution in [0.4, 0.5) is 0 Å². The van der Waals surface area contributed by atoms with Crippen LogP contribution in [0.3, 0.4) is 0 Å². The molecular formula is C14H11BrClNO2. The molecule has 0 spiro atoms. The largest absolute Gasteiger partial charge is 0.487 e. The molecule has 2 rings (SSSR count). The first-order valence-corrected chi connectivity index (χ1v) is 6.70. The van der Waals surface area contributed by atoms with Crippen LogP contribution in [-0.2, 0) is 6.61 Å². The Morgan fingerprint density at radius 3 is 2.58 bits per heavy atom. The normalized spacial score (nSPS) is 10.8. The molecule has 0 aliphatic rings. The van der Waals surface area contributed by atoms with Gasteiger partial charge in [-0.25, -0.2) is 0 Å². The van der Waals surface area contributed by atoms with E-state index in [1.165, 1.54) is 6.21 Å². The number of ether oxygens (including phenoxy) is 1. The summed E-state index contributed by atoms with van der Waals surface area (Å²) in [7, 11) is 0. The molecule has 3 nitrogen and oxygen atoms in total. The van der Waals surface area contributed by atoms with Crippen LogP contribution < -0.4 is 4.74 Å². The minimum atomic E-state index is 0.445. The highest BCUT2D eigenvalue weighted by Gasteiger charge is 2.03. The molecule has 0 saturated carbocycles. The number of benzene rings is 2. The van der Waals surface area contributed by atoms with Crippen molar-refractivity contribution in [3.05, 3.63) is 63.1 Å². The van der Waals surface area contributed by atoms with Gasteiger partial charge in [-0.05, 0) is 41.5 Å². The van der Waals surface area contributed by atoms with Gasteiger partial charge in [0.2, 0.25) is 0 Å². The zero-order valence-electron chi connectivity index (χ0n) is 9.88. The standard InChI is InChI=1S/C14H11BrClNO2/c15-12-4-1-10(2-5-12)9-19-14-6-3-11(8-17-18)7-13(14)16/h1-8,18H,9H2/b17-8+. The number of rotatable bonds is 4. The van der Waals surface area contributed by atoms with Gasteiger partial charge < -0.3 is 9.94 Å². The Balaban J connectivity index is 2.05. The van der Waals surface area contributed by atoms with E-state index in [4.69, 9.17) is 21.5 Å². The number of oxime groups is 1. The summed E-state index contributed by atoms with van der Waals surface area (Å²) in [5.41, 5.74) is 1.77. The third-order valence-electron chi connectivity index (χ3n) is 2.47. The third kappa shape index (κ3) is 3.98. The Kier molecular flexibility index (Phi) is 4.82. The molecule has 98 valence electrons. The summed E-state index contributed by atoms with van der Waals surface area (Å²) in [6, 6.07) is 13.1. The Morgan fingerprint density at radius 2 is 1.95 bits per heavy atom. The van der Waals surface area contributed by atoms with Crippen LogP contribution in [0.15, 0.2) is 52.1 Å². The van der Waals surface area contributed by atoms with Crippen molar-refractivity contribution in [1.82, 2.24) is 0 Å². The Bertz CT molecular complexity index is 584. The van der Waals surface area contributed by atoms with Crippen LogP contribution in [0.25, 0.3) is 0 Å². The van der Waals surface area contributed by atoms with Crippen LogP contribution in [0.2, 0.25) is 5.02 Å². The van der Waals surface area contributed by atoms with Crippen molar-refractivity contribution >= 4 is 33.7 Å². The van der Waals surface area contributed by atoms with Crippen molar-refractivity contribution in [3.63, 3.8) is 0 Å². The monoisotopic (exact) mass is 339 g/mol. The highest BCUT2D eigenvalue weighted by Crippen LogP contribution is 2.26. The summed E-state index contributed by atoms with van der Waals surface area (Å²) in [5, 5.41) is 11.9. The smallest absolute Gasteiger partial charge is 0.138 e. The van der Waals surface area contributed by atoms with E-state index in [0.29, 0.717) is 22.9 Å². The summed E-state index contributed by atoms with van der Waals surface area (Å²) >= 11 is 9.46. The van der Waals surface area contributed by atoms with Gasteiger partial charge in [-0.3, -0.25) is 0 Å². The predicted molar refractivity (Wildman–Crippen MR) is 79.3 cm³/mol. The van der Waals surface area contributed by atoms with Crippen molar-refractivity contribution < 1.29 is 9.94 Å². The molecule has 0 unspecified atom stereocenters. The maximum absolute atomic E-state index is 8.45. The fourth-order valence-electron chi connectivity index (χ4n) is 1.52. The first kappa shape index (κ1) is 13.9. The molecule has 2 aromatic carbocycles. The Hall–Kier alpha value is -1.52. The lowest BCUT2D eigenvalue weighted by atomic mass is 10.2. The minimum Gasteiger partial charge on any atom is -0.487 e. The summed E-state index contributed by atoms with van der Waals surface area (Å²) in [4.78, 5) is 0. The minimum absolute atomic E-state index is 0.445. The first-order valence-electron chi connectivity index (χ1n) is 5.53. The van der Waals surface area contributed by atoms with Gasteiger partial charge in [0, 0.05) is 4.47 Å². The summed E-state index contributed by atoms with van der Waals surface area (Å²) in [5.74, 6) is 0.597. The van der Waals surface area contributed by atoms with Gasteiger partial charge in [0.25, 0.3) is 0 Å². The topological polar surface area (TPSA) is 41.8 Å². The molecule has 0 radical (unpaired) electrons. The lowest BCUT2D eigenvalue weighted by Crippen LogP contribution is -1.96. The van der Waals surface area contributed by atoms with Gasteiger partial charge >= 0.3 is 0 Å². The van der Waals surface area contributed by atoms with Crippen LogP contribution in [0.5, 0.6) is 5.75 Å². The summed E-state index contributed by atoms with van der Waals surface area (Å²) in [6.07, 6.45) is 1.31. The molecule has 0 amide bonds. The van der Waals surface area contributed by atoms with Crippen molar-refractivity contribution in [2.45, 2.75) is 6.61 Å². The molecule has 0 aliphatic heterocycles. The van der Waals surface area contributed by atoms with E-state index in [0.717, 1.165) is 10.0 Å². The van der Waals surface area contributed by atoms with Gasteiger partial charge in [0.1, 0.15) is 12.4 Å². The molecule has 0 heterocycles. The summed E-state index contributed by atoms with van der Waals surface area (Å²) < 4.78 is 6.67. The van der Waals surface area contributed by atoms with E-state index in [9.17, 15) is 0 Å². The van der Waals surface area contributed by atoms with Crippen LogP contribution in [-0.4, -0.2) is 11.4 Å². The Labute approximate surface area is 124 Å². The second-order valence-corrected chi connectivity index (χ2v) is 5.17. The fraction of sp³-hybridized carbons (Fsp3) is 0.0714. The zero-order valence-corrected chi connectivity index (χ0v) is 12.2. The quantitative estimate of drug-likeness (QED) is 0.506. The molecular weight excluding hydrogens is 330 g/mol. The van der Waals surface area contributed by atoms with Crippen LogP contribution in [0, 0.1) is 0 Å². The average molecular weight is 341 g/mol. The van der Waals surface area contributed by atoms with E-state index in [1.54, 1.807) is 18.2 Å². The van der Waals surface area contributed by atoms with E-state index in [1.807, 2.05) is 24.3 Å². The number of nitrogens with zero attached hydrogens (tertiary/aromatic N) is 1. The average Bonchev–Trinajstić information content (AvgIpc) is 2.40. The molecule has 0 atom stereocenters. The number of hydrogen-bond donors (Lipinski definition) is 1. The molecule has 1 N–H and O–H groups in total. The van der Waals surface area contributed by atoms with E-state index in [-0.39, 0.29) is 0 Å². The zero-order chi connectivity index (χ0) is 13.7. The lowest BCUT2D eigenvalue weighted by molar-refractivity contribution is 0.306. The second-order valence-electron chi connectivity index (χ2n) is 3.85. The molecule has 19 heavy (non-hydrogen) atoms. The van der Waals surface area contributed by atoms with Crippen LogP contribution >= 0.6 is 27.5 Å². The first-order chi connectivity index (χ1) is 9.19. The van der Waals surface area contributed by atoms with E-state index >= 15 is 0 Å². The van der Waals surface area contributed by atoms with E-state index in [2.05, 4.69) is 21.1 Å². The molecule has 0 bridgehead atoms. The maximum atomic E-state index is 8.45. The maximum Gasteiger partial charge on any atom is 0.138 e.